The minimum absolute atomic E-state index is 0.136. The zero-order chi connectivity index (χ0) is 14.8. The highest BCUT2D eigenvalue weighted by atomic mass is 16.5. The van der Waals surface area contributed by atoms with E-state index in [2.05, 4.69) is 0 Å². The normalized spacial score (nSPS) is 32.3. The maximum Gasteiger partial charge on any atom is 0.240 e. The van der Waals surface area contributed by atoms with Crippen molar-refractivity contribution in [3.63, 3.8) is 0 Å². The number of benzene rings is 2. The van der Waals surface area contributed by atoms with Gasteiger partial charge in [0.2, 0.25) is 11.8 Å². The summed E-state index contributed by atoms with van der Waals surface area (Å²) >= 11 is 0. The molecular weight excluding hydrogens is 278 g/mol. The van der Waals surface area contributed by atoms with E-state index in [0.717, 1.165) is 10.8 Å². The molecule has 0 N–H and O–H groups in total. The Labute approximate surface area is 127 Å². The second-order valence-corrected chi connectivity index (χ2v) is 6.01. The zero-order valence-corrected chi connectivity index (χ0v) is 11.7. The molecule has 0 saturated carbocycles. The van der Waals surface area contributed by atoms with Crippen LogP contribution >= 0.6 is 0 Å². The number of imide groups is 1. The Balaban J connectivity index is 1.67. The largest absolute Gasteiger partial charge is 0.365 e. The molecule has 4 nitrogen and oxygen atoms in total. The molecule has 108 valence electrons. The first kappa shape index (κ1) is 12.1. The van der Waals surface area contributed by atoms with Gasteiger partial charge in [-0.25, -0.2) is 4.90 Å². The lowest BCUT2D eigenvalue weighted by atomic mass is 9.85. The van der Waals surface area contributed by atoms with Gasteiger partial charge in [0.05, 0.1) is 29.7 Å². The Morgan fingerprint density at radius 2 is 1.45 bits per heavy atom. The first-order valence-electron chi connectivity index (χ1n) is 7.45. The second-order valence-electron chi connectivity index (χ2n) is 6.01. The molecule has 4 atom stereocenters. The molecule has 2 fully saturated rings. The molecule has 0 radical (unpaired) electrons. The molecule has 3 aliphatic heterocycles. The fraction of sp³-hybridized carbons (Fsp3) is 0.222. The molecule has 3 aliphatic rings. The molecule has 5 rings (SSSR count). The van der Waals surface area contributed by atoms with E-state index in [1.807, 2.05) is 54.6 Å². The van der Waals surface area contributed by atoms with Crippen molar-refractivity contribution in [2.24, 2.45) is 11.8 Å². The van der Waals surface area contributed by atoms with E-state index in [-0.39, 0.29) is 35.9 Å². The van der Waals surface area contributed by atoms with Gasteiger partial charge in [-0.05, 0) is 11.5 Å². The summed E-state index contributed by atoms with van der Waals surface area (Å²) in [5.41, 5.74) is 0.682. The third-order valence-corrected chi connectivity index (χ3v) is 4.92. The van der Waals surface area contributed by atoms with Crippen molar-refractivity contribution in [1.82, 2.24) is 0 Å². The van der Waals surface area contributed by atoms with E-state index in [1.165, 1.54) is 4.90 Å². The maximum atomic E-state index is 12.8. The summed E-state index contributed by atoms with van der Waals surface area (Å²) in [6, 6.07) is 13.5. The minimum Gasteiger partial charge on any atom is -0.365 e. The number of carbonyl (C=O) groups is 2. The molecule has 2 bridgehead atoms. The van der Waals surface area contributed by atoms with Gasteiger partial charge in [0.1, 0.15) is 0 Å². The van der Waals surface area contributed by atoms with Gasteiger partial charge < -0.3 is 4.74 Å². The number of fused-ring (bicyclic) bond motifs is 6. The lowest BCUT2D eigenvalue weighted by Gasteiger charge is -2.19. The highest BCUT2D eigenvalue weighted by Gasteiger charge is 2.61. The monoisotopic (exact) mass is 291 g/mol. The third-order valence-electron chi connectivity index (χ3n) is 4.92. The standard InChI is InChI=1S/C18H13NO3/c20-17-15-13-8-9-14(22-13)16(15)18(21)19(17)12-7-3-5-10-4-1-2-6-11(10)12/h1-9,13-16H/t13-,14-,15-,16+/m1/s1. The number of hydrogen-bond donors (Lipinski definition) is 0. The smallest absolute Gasteiger partial charge is 0.240 e. The number of carbonyl (C=O) groups excluding carboxylic acids is 2. The summed E-state index contributed by atoms with van der Waals surface area (Å²) in [4.78, 5) is 27.0. The van der Waals surface area contributed by atoms with Crippen LogP contribution in [0.4, 0.5) is 5.69 Å². The molecule has 2 aromatic rings. The summed E-state index contributed by atoms with van der Waals surface area (Å²) in [5.74, 6) is -0.991. The Kier molecular flexibility index (Phi) is 2.23. The van der Waals surface area contributed by atoms with Gasteiger partial charge >= 0.3 is 0 Å². The number of anilines is 1. The fourth-order valence-electron chi connectivity index (χ4n) is 3.94. The van der Waals surface area contributed by atoms with Crippen LogP contribution in [0, 0.1) is 11.8 Å². The first-order valence-corrected chi connectivity index (χ1v) is 7.45. The predicted octanol–water partition coefficient (Wildman–Crippen LogP) is 2.28. The number of ether oxygens (including phenoxy) is 1. The number of nitrogens with zero attached hydrogens (tertiary/aromatic N) is 1. The van der Waals surface area contributed by atoms with Crippen LogP contribution in [0.1, 0.15) is 0 Å². The molecule has 4 heteroatoms. The van der Waals surface area contributed by atoms with E-state index in [1.54, 1.807) is 0 Å². The molecular formula is C18H13NO3. The number of amides is 2. The van der Waals surface area contributed by atoms with Gasteiger partial charge in [-0.3, -0.25) is 9.59 Å². The quantitative estimate of drug-likeness (QED) is 0.598. The number of rotatable bonds is 1. The van der Waals surface area contributed by atoms with E-state index < -0.39 is 0 Å². The molecule has 2 amide bonds. The highest BCUT2D eigenvalue weighted by Crippen LogP contribution is 2.47. The van der Waals surface area contributed by atoms with Crippen molar-refractivity contribution < 1.29 is 14.3 Å². The maximum absolute atomic E-state index is 12.8. The predicted molar refractivity (Wildman–Crippen MR) is 81.2 cm³/mol. The summed E-state index contributed by atoms with van der Waals surface area (Å²) < 4.78 is 5.67. The van der Waals surface area contributed by atoms with Crippen molar-refractivity contribution >= 4 is 28.3 Å². The van der Waals surface area contributed by atoms with Crippen LogP contribution in [-0.4, -0.2) is 24.0 Å². The second kappa shape index (κ2) is 4.05. The lowest BCUT2D eigenvalue weighted by molar-refractivity contribution is -0.124. The van der Waals surface area contributed by atoms with Gasteiger partial charge in [0.15, 0.2) is 0 Å². The van der Waals surface area contributed by atoms with Crippen molar-refractivity contribution in [2.75, 3.05) is 4.90 Å². The number of hydrogen-bond acceptors (Lipinski definition) is 3. The topological polar surface area (TPSA) is 46.6 Å². The molecule has 3 heterocycles. The highest BCUT2D eigenvalue weighted by molar-refractivity contribution is 6.25. The van der Waals surface area contributed by atoms with Gasteiger partial charge in [0.25, 0.3) is 0 Å². The summed E-state index contributed by atoms with van der Waals surface area (Å²) in [6.07, 6.45) is 3.32. The zero-order valence-electron chi connectivity index (χ0n) is 11.7. The first-order chi connectivity index (χ1) is 10.8. The molecule has 0 aromatic heterocycles. The van der Waals surface area contributed by atoms with Crippen LogP contribution < -0.4 is 4.90 Å². The van der Waals surface area contributed by atoms with Gasteiger partial charge in [0, 0.05) is 5.39 Å². The van der Waals surface area contributed by atoms with Gasteiger partial charge in [-0.15, -0.1) is 0 Å². The van der Waals surface area contributed by atoms with Crippen LogP contribution in [0.5, 0.6) is 0 Å². The summed E-state index contributed by atoms with van der Waals surface area (Å²) in [7, 11) is 0. The van der Waals surface area contributed by atoms with Crippen LogP contribution in [0.2, 0.25) is 0 Å². The van der Waals surface area contributed by atoms with Crippen LogP contribution in [0.25, 0.3) is 10.8 Å². The molecule has 0 spiro atoms. The van der Waals surface area contributed by atoms with Crippen molar-refractivity contribution in [2.45, 2.75) is 12.2 Å². The lowest BCUT2D eigenvalue weighted by Crippen LogP contribution is -2.34. The SMILES string of the molecule is O=C1[C@@H]2[C@H](C(=O)N1c1cccc3ccccc13)[C@H]1C=C[C@H]2O1. The molecule has 0 unspecified atom stereocenters. The van der Waals surface area contributed by atoms with Crippen LogP contribution in [0.15, 0.2) is 54.6 Å². The molecule has 2 saturated heterocycles. The molecule has 2 aromatic carbocycles. The fourth-order valence-corrected chi connectivity index (χ4v) is 3.94. The summed E-state index contributed by atoms with van der Waals surface area (Å²) in [5, 5.41) is 1.95. The van der Waals surface area contributed by atoms with Crippen molar-refractivity contribution in [1.29, 1.82) is 0 Å². The Morgan fingerprint density at radius 3 is 2.18 bits per heavy atom. The molecule has 0 aliphatic carbocycles. The van der Waals surface area contributed by atoms with E-state index in [4.69, 9.17) is 4.74 Å². The van der Waals surface area contributed by atoms with E-state index in [9.17, 15) is 9.59 Å². The van der Waals surface area contributed by atoms with Crippen molar-refractivity contribution in [3.8, 4) is 0 Å². The Hall–Kier alpha value is -2.46. The third kappa shape index (κ3) is 1.35. The van der Waals surface area contributed by atoms with Gasteiger partial charge in [-0.1, -0.05) is 48.6 Å². The van der Waals surface area contributed by atoms with E-state index >= 15 is 0 Å². The van der Waals surface area contributed by atoms with Crippen LogP contribution in [-0.2, 0) is 14.3 Å². The molecule has 22 heavy (non-hydrogen) atoms. The van der Waals surface area contributed by atoms with Crippen LogP contribution in [0.3, 0.4) is 0 Å². The van der Waals surface area contributed by atoms with Crippen molar-refractivity contribution in [3.05, 3.63) is 54.6 Å². The minimum atomic E-state index is -0.360. The van der Waals surface area contributed by atoms with E-state index in [0.29, 0.717) is 5.69 Å². The Morgan fingerprint density at radius 1 is 0.818 bits per heavy atom. The average Bonchev–Trinajstić information content (AvgIpc) is 3.21. The van der Waals surface area contributed by atoms with Gasteiger partial charge in [-0.2, -0.15) is 0 Å². The average molecular weight is 291 g/mol. The summed E-state index contributed by atoms with van der Waals surface area (Å²) in [6.45, 7) is 0. The Bertz CT molecular complexity index is 821.